The number of phenols is 1. The van der Waals surface area contributed by atoms with Crippen molar-refractivity contribution >= 4 is 11.9 Å². The van der Waals surface area contributed by atoms with Gasteiger partial charge in [0.15, 0.2) is 0 Å². The molecule has 0 spiro atoms. The number of carboxylic acids is 1. The molecule has 2 N–H and O–H groups in total. The van der Waals surface area contributed by atoms with Gasteiger partial charge >= 0.3 is 5.97 Å². The molecule has 1 aliphatic carbocycles. The van der Waals surface area contributed by atoms with E-state index in [4.69, 9.17) is 5.11 Å². The Kier molecular flexibility index (Phi) is 3.23. The topological polar surface area (TPSA) is 77.8 Å². The molecule has 1 aromatic carbocycles. The third-order valence-electron chi connectivity index (χ3n) is 2.94. The number of aromatic hydroxyl groups is 1. The largest absolute Gasteiger partial charge is 0.507 e. The van der Waals surface area contributed by atoms with Crippen LogP contribution in [0, 0.1) is 6.92 Å². The Labute approximate surface area is 105 Å². The molecule has 1 aliphatic rings. The van der Waals surface area contributed by atoms with Gasteiger partial charge in [-0.3, -0.25) is 9.59 Å². The van der Waals surface area contributed by atoms with E-state index in [1.807, 2.05) is 6.92 Å². The molecular weight excluding hydrogens is 234 g/mol. The highest BCUT2D eigenvalue weighted by atomic mass is 16.4. The highest BCUT2D eigenvalue weighted by molar-refractivity contribution is 5.98. The summed E-state index contributed by atoms with van der Waals surface area (Å²) in [5.41, 5.74) is 1.01. The fourth-order valence-electron chi connectivity index (χ4n) is 1.88. The number of aliphatic carboxylic acids is 1. The van der Waals surface area contributed by atoms with Gasteiger partial charge in [-0.25, -0.2) is 0 Å². The lowest BCUT2D eigenvalue weighted by molar-refractivity contribution is -0.137. The molecule has 0 heterocycles. The minimum Gasteiger partial charge on any atom is -0.507 e. The molecule has 0 bridgehead atoms. The van der Waals surface area contributed by atoms with Gasteiger partial charge in [0.1, 0.15) is 12.3 Å². The molecule has 5 nitrogen and oxygen atoms in total. The third-order valence-corrected chi connectivity index (χ3v) is 2.94. The maximum Gasteiger partial charge on any atom is 0.323 e. The average molecular weight is 249 g/mol. The molecule has 1 amide bonds. The van der Waals surface area contributed by atoms with E-state index < -0.39 is 11.9 Å². The number of aryl methyl sites for hydroxylation is 1. The van der Waals surface area contributed by atoms with E-state index >= 15 is 0 Å². The van der Waals surface area contributed by atoms with Crippen molar-refractivity contribution in [3.05, 3.63) is 29.3 Å². The lowest BCUT2D eigenvalue weighted by Gasteiger charge is -2.20. The predicted octanol–water partition coefficient (Wildman–Crippen LogP) is 1.39. The molecule has 5 heteroatoms. The highest BCUT2D eigenvalue weighted by Crippen LogP contribution is 2.30. The molecule has 1 aromatic rings. The maximum atomic E-state index is 12.2. The molecule has 18 heavy (non-hydrogen) atoms. The second kappa shape index (κ2) is 4.68. The van der Waals surface area contributed by atoms with Crippen molar-refractivity contribution in [2.75, 3.05) is 6.54 Å². The van der Waals surface area contributed by atoms with Crippen LogP contribution < -0.4 is 0 Å². The van der Waals surface area contributed by atoms with E-state index in [1.54, 1.807) is 6.07 Å². The number of amides is 1. The van der Waals surface area contributed by atoms with Crippen molar-refractivity contribution in [2.45, 2.75) is 25.8 Å². The van der Waals surface area contributed by atoms with Gasteiger partial charge in [-0.1, -0.05) is 6.07 Å². The molecule has 2 rings (SSSR count). The monoisotopic (exact) mass is 249 g/mol. The van der Waals surface area contributed by atoms with E-state index in [-0.39, 0.29) is 23.9 Å². The first kappa shape index (κ1) is 12.4. The van der Waals surface area contributed by atoms with Crippen molar-refractivity contribution in [3.8, 4) is 5.75 Å². The first-order valence-corrected chi connectivity index (χ1v) is 5.81. The summed E-state index contributed by atoms with van der Waals surface area (Å²) in [5.74, 6) is -1.56. The lowest BCUT2D eigenvalue weighted by atomic mass is 10.1. The normalized spacial score (nSPS) is 14.3. The van der Waals surface area contributed by atoms with Crippen LogP contribution >= 0.6 is 0 Å². The van der Waals surface area contributed by atoms with Crippen molar-refractivity contribution < 1.29 is 19.8 Å². The summed E-state index contributed by atoms with van der Waals surface area (Å²) in [7, 11) is 0. The number of carboxylic acid groups (broad SMARTS) is 1. The van der Waals surface area contributed by atoms with Crippen molar-refractivity contribution in [1.82, 2.24) is 4.90 Å². The molecule has 1 saturated carbocycles. The first-order valence-electron chi connectivity index (χ1n) is 5.81. The molecule has 0 aliphatic heterocycles. The molecule has 0 unspecified atom stereocenters. The van der Waals surface area contributed by atoms with Crippen LogP contribution in [0.1, 0.15) is 28.8 Å². The van der Waals surface area contributed by atoms with Crippen LogP contribution in [0.15, 0.2) is 18.2 Å². The van der Waals surface area contributed by atoms with Gasteiger partial charge in [-0.15, -0.1) is 0 Å². The summed E-state index contributed by atoms with van der Waals surface area (Å²) in [4.78, 5) is 24.3. The van der Waals surface area contributed by atoms with Gasteiger partial charge in [-0.05, 0) is 37.5 Å². The third kappa shape index (κ3) is 2.61. The zero-order valence-electron chi connectivity index (χ0n) is 10.1. The minimum atomic E-state index is -1.04. The van der Waals surface area contributed by atoms with Gasteiger partial charge in [0, 0.05) is 6.04 Å². The van der Waals surface area contributed by atoms with Crippen LogP contribution in [0.2, 0.25) is 0 Å². The quantitative estimate of drug-likeness (QED) is 0.845. The number of phenolic OH excluding ortho intramolecular Hbond substituents is 1. The Bertz CT molecular complexity index is 494. The SMILES string of the molecule is Cc1ccc(C(=O)N(CC(=O)O)C2CC2)c(O)c1. The molecular formula is C13H15NO4. The smallest absolute Gasteiger partial charge is 0.323 e. The zero-order valence-corrected chi connectivity index (χ0v) is 10.1. The lowest BCUT2D eigenvalue weighted by Crippen LogP contribution is -2.37. The number of benzene rings is 1. The standard InChI is InChI=1S/C13H15NO4/c1-8-2-5-10(11(15)6-8)13(18)14(7-12(16)17)9-3-4-9/h2,5-6,9,15H,3-4,7H2,1H3,(H,16,17). The summed E-state index contributed by atoms with van der Waals surface area (Å²) >= 11 is 0. The number of rotatable bonds is 4. The van der Waals surface area contributed by atoms with Crippen molar-refractivity contribution in [2.24, 2.45) is 0 Å². The van der Waals surface area contributed by atoms with E-state index in [0.717, 1.165) is 18.4 Å². The summed E-state index contributed by atoms with van der Waals surface area (Å²) in [6.07, 6.45) is 1.65. The van der Waals surface area contributed by atoms with Crippen LogP contribution in [0.5, 0.6) is 5.75 Å². The molecule has 0 atom stereocenters. The number of carbonyl (C=O) groups is 2. The van der Waals surface area contributed by atoms with Gasteiger partial charge in [0.05, 0.1) is 5.56 Å². The van der Waals surface area contributed by atoms with Crippen LogP contribution in [0.4, 0.5) is 0 Å². The molecule has 0 aromatic heterocycles. The fraction of sp³-hybridized carbons (Fsp3) is 0.385. The van der Waals surface area contributed by atoms with Crippen LogP contribution in [-0.2, 0) is 4.79 Å². The van der Waals surface area contributed by atoms with E-state index in [9.17, 15) is 14.7 Å². The molecule has 0 saturated heterocycles. The van der Waals surface area contributed by atoms with E-state index in [2.05, 4.69) is 0 Å². The Morgan fingerprint density at radius 2 is 2.06 bits per heavy atom. The summed E-state index contributed by atoms with van der Waals surface area (Å²) in [6.45, 7) is 1.49. The van der Waals surface area contributed by atoms with E-state index in [0.29, 0.717) is 0 Å². The van der Waals surface area contributed by atoms with Gasteiger partial charge in [0.25, 0.3) is 5.91 Å². The highest BCUT2D eigenvalue weighted by Gasteiger charge is 2.35. The second-order valence-electron chi connectivity index (χ2n) is 4.58. The van der Waals surface area contributed by atoms with Crippen molar-refractivity contribution in [3.63, 3.8) is 0 Å². The van der Waals surface area contributed by atoms with Gasteiger partial charge in [-0.2, -0.15) is 0 Å². The Hall–Kier alpha value is -2.04. The average Bonchev–Trinajstić information content (AvgIpc) is 3.08. The minimum absolute atomic E-state index is 0.00527. The number of hydrogen-bond acceptors (Lipinski definition) is 3. The summed E-state index contributed by atoms with van der Waals surface area (Å²) in [5, 5.41) is 18.6. The van der Waals surface area contributed by atoms with Crippen molar-refractivity contribution in [1.29, 1.82) is 0 Å². The number of hydrogen-bond donors (Lipinski definition) is 2. The van der Waals surface area contributed by atoms with E-state index in [1.165, 1.54) is 17.0 Å². The number of nitrogens with zero attached hydrogens (tertiary/aromatic N) is 1. The Morgan fingerprint density at radius 3 is 2.56 bits per heavy atom. The second-order valence-corrected chi connectivity index (χ2v) is 4.58. The maximum absolute atomic E-state index is 12.2. The van der Waals surface area contributed by atoms with Crippen LogP contribution in [-0.4, -0.2) is 39.6 Å². The molecule has 1 fully saturated rings. The summed E-state index contributed by atoms with van der Waals surface area (Å²) in [6, 6.07) is 4.75. The molecule has 96 valence electrons. The molecule has 0 radical (unpaired) electrons. The predicted molar refractivity (Wildman–Crippen MR) is 64.5 cm³/mol. The van der Waals surface area contributed by atoms with Gasteiger partial charge in [0.2, 0.25) is 0 Å². The first-order chi connectivity index (χ1) is 8.49. The van der Waals surface area contributed by atoms with Crippen LogP contribution in [0.3, 0.4) is 0 Å². The van der Waals surface area contributed by atoms with Gasteiger partial charge < -0.3 is 15.1 Å². The van der Waals surface area contributed by atoms with Crippen LogP contribution in [0.25, 0.3) is 0 Å². The Balaban J connectivity index is 2.24. The zero-order chi connectivity index (χ0) is 13.3. The fourth-order valence-corrected chi connectivity index (χ4v) is 1.88. The number of carbonyl (C=O) groups excluding carboxylic acids is 1. The Morgan fingerprint density at radius 1 is 1.39 bits per heavy atom. The summed E-state index contributed by atoms with van der Waals surface area (Å²) < 4.78 is 0.